The molecule has 0 saturated carbocycles. The van der Waals surface area contributed by atoms with Gasteiger partial charge in [-0.25, -0.2) is 4.39 Å². The van der Waals surface area contributed by atoms with Gasteiger partial charge in [0.25, 0.3) is 0 Å². The van der Waals surface area contributed by atoms with Gasteiger partial charge in [0, 0.05) is 17.9 Å². The van der Waals surface area contributed by atoms with Crippen molar-refractivity contribution in [3.63, 3.8) is 0 Å². The Balaban J connectivity index is 2.10. The van der Waals surface area contributed by atoms with Gasteiger partial charge in [-0.3, -0.25) is 4.79 Å². The molecule has 0 aromatic heterocycles. The first-order valence-corrected chi connectivity index (χ1v) is 7.62. The van der Waals surface area contributed by atoms with E-state index in [1.54, 1.807) is 23.9 Å². The van der Waals surface area contributed by atoms with Crippen LogP contribution >= 0.6 is 11.8 Å². The second kappa shape index (κ2) is 8.93. The summed E-state index contributed by atoms with van der Waals surface area (Å²) in [6, 6.07) is 6.76. The molecular weight excluding hydrogens is 263 g/mol. The Morgan fingerprint density at radius 2 is 2.11 bits per heavy atom. The van der Waals surface area contributed by atoms with E-state index in [0.717, 1.165) is 12.3 Å². The molecule has 0 saturated heterocycles. The second-order valence-corrected chi connectivity index (χ2v) is 5.81. The molecule has 3 nitrogen and oxygen atoms in total. The van der Waals surface area contributed by atoms with Gasteiger partial charge in [-0.2, -0.15) is 11.8 Å². The summed E-state index contributed by atoms with van der Waals surface area (Å²) in [7, 11) is 4.10. The number of nitrogens with one attached hydrogen (secondary N) is 2. The Labute approximate surface area is 118 Å². The summed E-state index contributed by atoms with van der Waals surface area (Å²) in [5.41, 5.74) is 0.698. The van der Waals surface area contributed by atoms with Crippen molar-refractivity contribution in [1.82, 2.24) is 5.32 Å². The van der Waals surface area contributed by atoms with E-state index in [1.165, 1.54) is 11.0 Å². The van der Waals surface area contributed by atoms with Crippen LogP contribution in [0.5, 0.6) is 0 Å². The normalized spacial score (nSPS) is 10.7. The molecule has 0 aliphatic carbocycles. The lowest BCUT2D eigenvalue weighted by molar-refractivity contribution is -0.856. The summed E-state index contributed by atoms with van der Waals surface area (Å²) in [6.07, 6.45) is 0.488. The smallest absolute Gasteiger partial charge is 0.221 e. The number of hydrogen-bond acceptors (Lipinski definition) is 2. The van der Waals surface area contributed by atoms with Crippen molar-refractivity contribution in [3.8, 4) is 0 Å². The lowest BCUT2D eigenvalue weighted by Crippen LogP contribution is -3.06. The number of hydrogen-bond donors (Lipinski definition) is 2. The van der Waals surface area contributed by atoms with Crippen molar-refractivity contribution in [2.24, 2.45) is 0 Å². The van der Waals surface area contributed by atoms with Gasteiger partial charge in [-0.05, 0) is 11.6 Å². The maximum Gasteiger partial charge on any atom is 0.221 e. The van der Waals surface area contributed by atoms with Gasteiger partial charge in [0.1, 0.15) is 5.82 Å². The summed E-state index contributed by atoms with van der Waals surface area (Å²) in [6.45, 7) is 1.63. The number of likely N-dealkylation sites (N-methyl/N-ethyl adjacent to an activating group) is 1. The summed E-state index contributed by atoms with van der Waals surface area (Å²) in [5, 5.41) is 2.88. The Bertz CT molecular complexity index is 399. The van der Waals surface area contributed by atoms with E-state index in [0.29, 0.717) is 24.3 Å². The average molecular weight is 285 g/mol. The van der Waals surface area contributed by atoms with E-state index in [4.69, 9.17) is 0 Å². The van der Waals surface area contributed by atoms with Gasteiger partial charge in [0.2, 0.25) is 5.91 Å². The minimum absolute atomic E-state index is 0.0716. The maximum absolute atomic E-state index is 13.3. The Kier molecular flexibility index (Phi) is 7.52. The molecule has 1 aromatic carbocycles. The number of halogens is 1. The van der Waals surface area contributed by atoms with Gasteiger partial charge < -0.3 is 10.2 Å². The van der Waals surface area contributed by atoms with E-state index in [1.807, 2.05) is 6.07 Å². The minimum atomic E-state index is -0.173. The quantitative estimate of drug-likeness (QED) is 0.690. The Morgan fingerprint density at radius 3 is 2.79 bits per heavy atom. The molecule has 19 heavy (non-hydrogen) atoms. The van der Waals surface area contributed by atoms with Crippen LogP contribution in [0.2, 0.25) is 0 Å². The highest BCUT2D eigenvalue weighted by Crippen LogP contribution is 2.15. The first kappa shape index (κ1) is 16.0. The van der Waals surface area contributed by atoms with E-state index < -0.39 is 0 Å². The van der Waals surface area contributed by atoms with Crippen molar-refractivity contribution in [3.05, 3.63) is 35.6 Å². The Hall–Kier alpha value is -1.07. The SMILES string of the molecule is C[NH+](C)CCNC(=O)CCSCc1ccccc1F. The fraction of sp³-hybridized carbons (Fsp3) is 0.500. The molecule has 0 fully saturated rings. The molecule has 0 heterocycles. The molecule has 0 spiro atoms. The molecule has 0 radical (unpaired) electrons. The van der Waals surface area contributed by atoms with Crippen LogP contribution in [-0.2, 0) is 10.5 Å². The van der Waals surface area contributed by atoms with E-state index in [9.17, 15) is 9.18 Å². The zero-order chi connectivity index (χ0) is 14.1. The zero-order valence-corrected chi connectivity index (χ0v) is 12.4. The number of thioether (sulfide) groups is 1. The van der Waals surface area contributed by atoms with Gasteiger partial charge in [0.15, 0.2) is 0 Å². The van der Waals surface area contributed by atoms with Gasteiger partial charge >= 0.3 is 0 Å². The average Bonchev–Trinajstić information content (AvgIpc) is 2.36. The van der Waals surface area contributed by atoms with E-state index in [2.05, 4.69) is 19.4 Å². The molecule has 2 N–H and O–H groups in total. The fourth-order valence-electron chi connectivity index (χ4n) is 1.50. The highest BCUT2D eigenvalue weighted by Gasteiger charge is 2.04. The third kappa shape index (κ3) is 7.18. The predicted molar refractivity (Wildman–Crippen MR) is 77.9 cm³/mol. The highest BCUT2D eigenvalue weighted by molar-refractivity contribution is 7.98. The van der Waals surface area contributed by atoms with Gasteiger partial charge in [-0.1, -0.05) is 18.2 Å². The summed E-state index contributed by atoms with van der Waals surface area (Å²) in [5.74, 6) is 1.23. The van der Waals surface area contributed by atoms with Crippen LogP contribution in [0.1, 0.15) is 12.0 Å². The number of quaternary nitrogens is 1. The summed E-state index contributed by atoms with van der Waals surface area (Å²) < 4.78 is 13.3. The fourth-order valence-corrected chi connectivity index (χ4v) is 2.43. The highest BCUT2D eigenvalue weighted by atomic mass is 32.2. The molecule has 106 valence electrons. The van der Waals surface area contributed by atoms with Crippen LogP contribution in [0.25, 0.3) is 0 Å². The third-order valence-electron chi connectivity index (χ3n) is 2.64. The van der Waals surface area contributed by atoms with E-state index in [-0.39, 0.29) is 11.7 Å². The molecule has 0 atom stereocenters. The molecule has 0 unspecified atom stereocenters. The first-order chi connectivity index (χ1) is 9.09. The minimum Gasteiger partial charge on any atom is -0.350 e. The van der Waals surface area contributed by atoms with Crippen molar-refractivity contribution in [2.75, 3.05) is 32.9 Å². The molecule has 1 rings (SSSR count). The summed E-state index contributed by atoms with van der Waals surface area (Å²) in [4.78, 5) is 12.8. The molecule has 5 heteroatoms. The van der Waals surface area contributed by atoms with Crippen LogP contribution in [-0.4, -0.2) is 38.8 Å². The van der Waals surface area contributed by atoms with Crippen molar-refractivity contribution < 1.29 is 14.1 Å². The Morgan fingerprint density at radius 1 is 1.37 bits per heavy atom. The molecule has 1 aromatic rings. The van der Waals surface area contributed by atoms with Crippen LogP contribution in [0, 0.1) is 5.82 Å². The van der Waals surface area contributed by atoms with Crippen molar-refractivity contribution in [2.45, 2.75) is 12.2 Å². The number of carbonyl (C=O) groups is 1. The lowest BCUT2D eigenvalue weighted by Gasteiger charge is -2.08. The second-order valence-electron chi connectivity index (χ2n) is 4.70. The number of carbonyl (C=O) groups excluding carboxylic acids is 1. The molecule has 0 aliphatic rings. The largest absolute Gasteiger partial charge is 0.350 e. The van der Waals surface area contributed by atoms with Crippen LogP contribution in [0.3, 0.4) is 0 Å². The van der Waals surface area contributed by atoms with Crippen molar-refractivity contribution >= 4 is 17.7 Å². The predicted octanol–water partition coefficient (Wildman–Crippen LogP) is 0.710. The van der Waals surface area contributed by atoms with E-state index >= 15 is 0 Å². The lowest BCUT2D eigenvalue weighted by atomic mass is 10.2. The molecular formula is C14H22FN2OS+. The van der Waals surface area contributed by atoms with Crippen LogP contribution < -0.4 is 10.2 Å². The van der Waals surface area contributed by atoms with Crippen molar-refractivity contribution in [1.29, 1.82) is 0 Å². The summed E-state index contributed by atoms with van der Waals surface area (Å²) >= 11 is 1.58. The molecule has 0 aliphatic heterocycles. The standard InChI is InChI=1S/C14H21FN2OS/c1-17(2)9-8-16-14(18)7-10-19-11-12-5-3-4-6-13(12)15/h3-6H,7-11H2,1-2H3,(H,16,18)/p+1. The number of amides is 1. The first-order valence-electron chi connectivity index (χ1n) is 6.46. The molecule has 0 bridgehead atoms. The zero-order valence-electron chi connectivity index (χ0n) is 11.5. The topological polar surface area (TPSA) is 33.5 Å². The number of benzene rings is 1. The molecule has 1 amide bonds. The van der Waals surface area contributed by atoms with Crippen LogP contribution in [0.4, 0.5) is 4.39 Å². The van der Waals surface area contributed by atoms with Gasteiger partial charge in [-0.15, -0.1) is 0 Å². The van der Waals surface area contributed by atoms with Crippen LogP contribution in [0.15, 0.2) is 24.3 Å². The third-order valence-corrected chi connectivity index (χ3v) is 3.64. The monoisotopic (exact) mass is 285 g/mol. The van der Waals surface area contributed by atoms with Gasteiger partial charge in [0.05, 0.1) is 27.2 Å². The maximum atomic E-state index is 13.3. The number of rotatable bonds is 8.